The topological polar surface area (TPSA) is 12.0 Å². The highest BCUT2D eigenvalue weighted by Gasteiger charge is 2.31. The zero-order valence-electron chi connectivity index (χ0n) is 13.3. The Hall–Kier alpha value is -0.890. The molecule has 0 radical (unpaired) electrons. The maximum absolute atomic E-state index is 13.8. The first kappa shape index (κ1) is 15.5. The summed E-state index contributed by atoms with van der Waals surface area (Å²) in [5.41, 5.74) is 2.32. The summed E-state index contributed by atoms with van der Waals surface area (Å²) in [4.78, 5) is 0. The van der Waals surface area contributed by atoms with Crippen LogP contribution in [0.1, 0.15) is 63.6 Å². The second kappa shape index (κ2) is 6.26. The first-order valence-electron chi connectivity index (χ1n) is 7.92. The van der Waals surface area contributed by atoms with Gasteiger partial charge in [-0.05, 0) is 67.7 Å². The van der Waals surface area contributed by atoms with Crippen LogP contribution in [0.5, 0.6) is 0 Å². The third-order valence-electron chi connectivity index (χ3n) is 4.83. The summed E-state index contributed by atoms with van der Waals surface area (Å²) in [5.74, 6) is 0.548. The van der Waals surface area contributed by atoms with Gasteiger partial charge in [-0.3, -0.25) is 0 Å². The minimum atomic E-state index is -0.0819. The average molecular weight is 277 g/mol. The molecule has 0 aliphatic heterocycles. The van der Waals surface area contributed by atoms with E-state index in [2.05, 4.69) is 32.2 Å². The van der Waals surface area contributed by atoms with Crippen LogP contribution in [0.4, 0.5) is 4.39 Å². The molecular weight excluding hydrogens is 249 g/mol. The molecule has 0 saturated heterocycles. The van der Waals surface area contributed by atoms with Crippen LogP contribution in [0, 0.1) is 24.1 Å². The lowest BCUT2D eigenvalue weighted by Gasteiger charge is -2.38. The molecule has 0 aromatic heterocycles. The van der Waals surface area contributed by atoms with E-state index in [4.69, 9.17) is 0 Å². The molecule has 1 fully saturated rings. The second-order valence-corrected chi connectivity index (χ2v) is 7.05. The van der Waals surface area contributed by atoms with Crippen LogP contribution in [0.25, 0.3) is 0 Å². The molecule has 1 saturated carbocycles. The van der Waals surface area contributed by atoms with Crippen molar-refractivity contribution < 1.29 is 4.39 Å². The molecule has 112 valence electrons. The SMILES string of the molecule is CCNC(c1ccc(C)c(F)c1)C1CCC(C)(C)CC1. The number of nitrogens with one attached hydrogen (secondary N) is 1. The molecule has 20 heavy (non-hydrogen) atoms. The number of halogens is 1. The summed E-state index contributed by atoms with van der Waals surface area (Å²) in [7, 11) is 0. The van der Waals surface area contributed by atoms with Crippen molar-refractivity contribution in [3.05, 3.63) is 35.1 Å². The van der Waals surface area contributed by atoms with Crippen molar-refractivity contribution in [2.45, 2.75) is 59.4 Å². The summed E-state index contributed by atoms with van der Waals surface area (Å²) >= 11 is 0. The van der Waals surface area contributed by atoms with Crippen molar-refractivity contribution in [1.82, 2.24) is 5.32 Å². The number of hydrogen-bond acceptors (Lipinski definition) is 1. The highest BCUT2D eigenvalue weighted by atomic mass is 19.1. The van der Waals surface area contributed by atoms with Crippen molar-refractivity contribution in [3.8, 4) is 0 Å². The van der Waals surface area contributed by atoms with Gasteiger partial charge in [0, 0.05) is 6.04 Å². The van der Waals surface area contributed by atoms with Crippen LogP contribution < -0.4 is 5.32 Å². The monoisotopic (exact) mass is 277 g/mol. The fourth-order valence-corrected chi connectivity index (χ4v) is 3.33. The zero-order valence-corrected chi connectivity index (χ0v) is 13.3. The summed E-state index contributed by atoms with van der Waals surface area (Å²) in [6.45, 7) is 9.60. The lowest BCUT2D eigenvalue weighted by atomic mass is 9.70. The Morgan fingerprint density at radius 1 is 1.30 bits per heavy atom. The Kier molecular flexibility index (Phi) is 4.85. The van der Waals surface area contributed by atoms with E-state index in [-0.39, 0.29) is 5.82 Å². The molecule has 1 aromatic carbocycles. The molecule has 0 heterocycles. The molecule has 0 amide bonds. The van der Waals surface area contributed by atoms with Crippen LogP contribution in [-0.4, -0.2) is 6.54 Å². The van der Waals surface area contributed by atoms with Crippen LogP contribution in [-0.2, 0) is 0 Å². The maximum Gasteiger partial charge on any atom is 0.126 e. The van der Waals surface area contributed by atoms with Gasteiger partial charge in [-0.2, -0.15) is 0 Å². The highest BCUT2D eigenvalue weighted by molar-refractivity contribution is 5.26. The zero-order chi connectivity index (χ0) is 14.8. The number of hydrogen-bond donors (Lipinski definition) is 1. The van der Waals surface area contributed by atoms with E-state index in [1.54, 1.807) is 6.07 Å². The third kappa shape index (κ3) is 3.60. The highest BCUT2D eigenvalue weighted by Crippen LogP contribution is 2.42. The van der Waals surface area contributed by atoms with E-state index in [9.17, 15) is 4.39 Å². The lowest BCUT2D eigenvalue weighted by molar-refractivity contribution is 0.162. The van der Waals surface area contributed by atoms with Crippen molar-refractivity contribution in [2.75, 3.05) is 6.54 Å². The predicted molar refractivity (Wildman–Crippen MR) is 83.3 cm³/mol. The molecule has 1 atom stereocenters. The molecule has 1 aliphatic rings. The Morgan fingerprint density at radius 3 is 2.50 bits per heavy atom. The van der Waals surface area contributed by atoms with Crippen LogP contribution in [0.15, 0.2) is 18.2 Å². The normalized spacial score (nSPS) is 20.9. The van der Waals surface area contributed by atoms with Gasteiger partial charge in [-0.15, -0.1) is 0 Å². The fraction of sp³-hybridized carbons (Fsp3) is 0.667. The van der Waals surface area contributed by atoms with Crippen molar-refractivity contribution >= 4 is 0 Å². The Bertz CT molecular complexity index is 443. The van der Waals surface area contributed by atoms with Gasteiger partial charge in [-0.25, -0.2) is 4.39 Å². The summed E-state index contributed by atoms with van der Waals surface area (Å²) < 4.78 is 13.8. The largest absolute Gasteiger partial charge is 0.310 e. The smallest absolute Gasteiger partial charge is 0.126 e. The van der Waals surface area contributed by atoms with Crippen LogP contribution in [0.2, 0.25) is 0 Å². The fourth-order valence-electron chi connectivity index (χ4n) is 3.33. The Labute approximate surface area is 123 Å². The number of rotatable bonds is 4. The van der Waals surface area contributed by atoms with E-state index in [0.29, 0.717) is 17.4 Å². The van der Waals surface area contributed by atoms with E-state index < -0.39 is 0 Å². The van der Waals surface area contributed by atoms with Gasteiger partial charge in [0.15, 0.2) is 0 Å². The Balaban J connectivity index is 2.16. The second-order valence-electron chi connectivity index (χ2n) is 7.05. The summed E-state index contributed by atoms with van der Waals surface area (Å²) in [6, 6.07) is 6.02. The summed E-state index contributed by atoms with van der Waals surface area (Å²) in [5, 5.41) is 3.58. The minimum Gasteiger partial charge on any atom is -0.310 e. The molecule has 1 aliphatic carbocycles. The molecule has 1 unspecified atom stereocenters. The molecular formula is C18H28FN. The number of benzene rings is 1. The Morgan fingerprint density at radius 2 is 1.95 bits per heavy atom. The van der Waals surface area contributed by atoms with Crippen molar-refractivity contribution in [3.63, 3.8) is 0 Å². The van der Waals surface area contributed by atoms with Gasteiger partial charge in [0.25, 0.3) is 0 Å². The quantitative estimate of drug-likeness (QED) is 0.816. The first-order valence-corrected chi connectivity index (χ1v) is 7.92. The van der Waals surface area contributed by atoms with E-state index in [1.807, 2.05) is 13.0 Å². The van der Waals surface area contributed by atoms with Crippen molar-refractivity contribution in [1.29, 1.82) is 0 Å². The van der Waals surface area contributed by atoms with E-state index in [1.165, 1.54) is 25.7 Å². The van der Waals surface area contributed by atoms with Gasteiger partial charge >= 0.3 is 0 Å². The molecule has 2 rings (SSSR count). The molecule has 1 nitrogen and oxygen atoms in total. The summed E-state index contributed by atoms with van der Waals surface area (Å²) in [6.07, 6.45) is 5.02. The van der Waals surface area contributed by atoms with Crippen molar-refractivity contribution in [2.24, 2.45) is 11.3 Å². The van der Waals surface area contributed by atoms with Gasteiger partial charge < -0.3 is 5.32 Å². The van der Waals surface area contributed by atoms with E-state index >= 15 is 0 Å². The maximum atomic E-state index is 13.8. The standard InChI is InChI=1S/C18H28FN/c1-5-20-17(14-8-10-18(3,4)11-9-14)15-7-6-13(2)16(19)12-15/h6-7,12,14,17,20H,5,8-11H2,1-4H3. The third-order valence-corrected chi connectivity index (χ3v) is 4.83. The molecule has 1 aromatic rings. The molecule has 1 N–H and O–H groups in total. The predicted octanol–water partition coefficient (Wildman–Crippen LogP) is 5.00. The average Bonchev–Trinajstić information content (AvgIpc) is 2.40. The van der Waals surface area contributed by atoms with Crippen LogP contribution >= 0.6 is 0 Å². The molecule has 0 bridgehead atoms. The number of aryl methyl sites for hydroxylation is 1. The van der Waals surface area contributed by atoms with Gasteiger partial charge in [0.2, 0.25) is 0 Å². The molecule has 0 spiro atoms. The first-order chi connectivity index (χ1) is 9.43. The van der Waals surface area contributed by atoms with Gasteiger partial charge in [0.1, 0.15) is 5.82 Å². The van der Waals surface area contributed by atoms with Crippen LogP contribution in [0.3, 0.4) is 0 Å². The van der Waals surface area contributed by atoms with Gasteiger partial charge in [0.05, 0.1) is 0 Å². The van der Waals surface area contributed by atoms with Gasteiger partial charge in [-0.1, -0.05) is 32.9 Å². The van der Waals surface area contributed by atoms with E-state index in [0.717, 1.165) is 17.7 Å². The minimum absolute atomic E-state index is 0.0819. The molecule has 2 heteroatoms. The lowest BCUT2D eigenvalue weighted by Crippen LogP contribution is -2.33.